The molecule has 0 saturated carbocycles. The largest absolute Gasteiger partial charge is 0.325 e. The molecule has 0 aliphatic carbocycles. The Kier molecular flexibility index (Phi) is 6.85. The van der Waals surface area contributed by atoms with E-state index in [-0.39, 0.29) is 11.5 Å². The molecule has 1 atom stereocenters. The molecular weight excluding hydrogens is 392 g/mol. The van der Waals surface area contributed by atoms with Gasteiger partial charge in [0, 0.05) is 17.5 Å². The first-order valence-corrected chi connectivity index (χ1v) is 11.3. The molecule has 2 aromatic heterocycles. The van der Waals surface area contributed by atoms with Gasteiger partial charge in [-0.15, -0.1) is 11.8 Å². The molecule has 28 heavy (non-hydrogen) atoms. The van der Waals surface area contributed by atoms with Crippen molar-refractivity contribution < 1.29 is 4.79 Å². The minimum atomic E-state index is -0.178. The van der Waals surface area contributed by atoms with Crippen molar-refractivity contribution in [1.29, 1.82) is 0 Å². The average Bonchev–Trinajstić information content (AvgIpc) is 3.12. The zero-order valence-electron chi connectivity index (χ0n) is 16.3. The molecule has 3 rings (SSSR count). The van der Waals surface area contributed by atoms with Crippen molar-refractivity contribution in [2.45, 2.75) is 45.3 Å². The predicted molar refractivity (Wildman–Crippen MR) is 116 cm³/mol. The second-order valence-corrected chi connectivity index (χ2v) is 8.63. The zero-order chi connectivity index (χ0) is 20.1. The molecule has 8 heteroatoms. The number of rotatable bonds is 8. The summed E-state index contributed by atoms with van der Waals surface area (Å²) in [4.78, 5) is 29.4. The molecule has 1 N–H and O–H groups in total. The van der Waals surface area contributed by atoms with Crippen molar-refractivity contribution in [1.82, 2.24) is 14.6 Å². The highest BCUT2D eigenvalue weighted by molar-refractivity contribution is 7.99. The number of aromatic nitrogens is 3. The summed E-state index contributed by atoms with van der Waals surface area (Å²) in [5.74, 6) is 1.26. The lowest BCUT2D eigenvalue weighted by molar-refractivity contribution is -0.113. The maximum atomic E-state index is 12.2. The molecule has 0 aliphatic heterocycles. The summed E-state index contributed by atoms with van der Waals surface area (Å²) in [6, 6.07) is 9.49. The summed E-state index contributed by atoms with van der Waals surface area (Å²) in [5, 5.41) is 8.03. The number of thioether (sulfide) groups is 1. The average molecular weight is 417 g/mol. The fourth-order valence-electron chi connectivity index (χ4n) is 2.69. The van der Waals surface area contributed by atoms with Crippen molar-refractivity contribution in [2.75, 3.05) is 11.1 Å². The third-order valence-electron chi connectivity index (χ3n) is 4.50. The van der Waals surface area contributed by atoms with Crippen molar-refractivity contribution in [2.24, 2.45) is 0 Å². The maximum Gasteiger partial charge on any atom is 0.275 e. The van der Waals surface area contributed by atoms with Crippen LogP contribution in [0.4, 0.5) is 5.69 Å². The summed E-state index contributed by atoms with van der Waals surface area (Å²) < 4.78 is 1.34. The van der Waals surface area contributed by atoms with Crippen LogP contribution in [0, 0.1) is 0 Å². The summed E-state index contributed by atoms with van der Waals surface area (Å²) in [6.07, 6.45) is 1.86. The Balaban J connectivity index is 1.54. The lowest BCUT2D eigenvalue weighted by Crippen LogP contribution is -2.16. The van der Waals surface area contributed by atoms with Crippen molar-refractivity contribution in [3.05, 3.63) is 57.0 Å². The fourth-order valence-corrected chi connectivity index (χ4v) is 4.26. The maximum absolute atomic E-state index is 12.2. The highest BCUT2D eigenvalue weighted by Crippen LogP contribution is 2.21. The van der Waals surface area contributed by atoms with E-state index in [0.717, 1.165) is 23.5 Å². The minimum Gasteiger partial charge on any atom is -0.325 e. The SMILES string of the molecule is CCc1nn2c(=O)cc(CSCC(=O)Nc3ccc([C@H](C)CC)cc3)nc2s1. The third-order valence-corrected chi connectivity index (χ3v) is 6.52. The number of fused-ring (bicyclic) bond motifs is 1. The normalized spacial score (nSPS) is 12.2. The van der Waals surface area contributed by atoms with E-state index in [1.165, 1.54) is 39.2 Å². The Labute approximate surface area is 172 Å². The lowest BCUT2D eigenvalue weighted by Gasteiger charge is -2.10. The number of nitrogens with one attached hydrogen (secondary N) is 1. The van der Waals surface area contributed by atoms with Crippen LogP contribution in [-0.2, 0) is 17.0 Å². The molecule has 1 amide bonds. The Bertz CT molecular complexity index is 1010. The Hall–Kier alpha value is -2.19. The van der Waals surface area contributed by atoms with Gasteiger partial charge in [-0.3, -0.25) is 9.59 Å². The van der Waals surface area contributed by atoms with Crippen molar-refractivity contribution in [3.63, 3.8) is 0 Å². The van der Waals surface area contributed by atoms with E-state index in [1.807, 2.05) is 19.1 Å². The second kappa shape index (κ2) is 9.34. The molecule has 2 heterocycles. The topological polar surface area (TPSA) is 76.4 Å². The highest BCUT2D eigenvalue weighted by Gasteiger charge is 2.10. The molecule has 0 unspecified atom stereocenters. The molecule has 3 aromatic rings. The van der Waals surface area contributed by atoms with E-state index < -0.39 is 0 Å². The Morgan fingerprint density at radius 1 is 1.29 bits per heavy atom. The third kappa shape index (κ3) is 4.99. The molecule has 0 aliphatic rings. The van der Waals surface area contributed by atoms with Crippen molar-refractivity contribution >= 4 is 39.7 Å². The summed E-state index contributed by atoms with van der Waals surface area (Å²) >= 11 is 2.86. The smallest absolute Gasteiger partial charge is 0.275 e. The van der Waals surface area contributed by atoms with Crippen LogP contribution in [0.2, 0.25) is 0 Å². The molecule has 0 saturated heterocycles. The fraction of sp³-hybridized carbons (Fsp3) is 0.400. The van der Waals surface area contributed by atoms with Gasteiger partial charge in [-0.2, -0.15) is 9.61 Å². The van der Waals surface area contributed by atoms with Crippen LogP contribution in [0.5, 0.6) is 0 Å². The molecule has 0 bridgehead atoms. The summed E-state index contributed by atoms with van der Waals surface area (Å²) in [5.41, 5.74) is 2.57. The van der Waals surface area contributed by atoms with Gasteiger partial charge in [0.2, 0.25) is 10.9 Å². The number of anilines is 1. The Morgan fingerprint density at radius 3 is 2.71 bits per heavy atom. The molecule has 6 nitrogen and oxygen atoms in total. The summed E-state index contributed by atoms with van der Waals surface area (Å²) in [6.45, 7) is 6.35. The van der Waals surface area contributed by atoms with Gasteiger partial charge in [0.05, 0.1) is 11.4 Å². The van der Waals surface area contributed by atoms with Gasteiger partial charge in [0.1, 0.15) is 5.01 Å². The van der Waals surface area contributed by atoms with Crippen LogP contribution in [0.25, 0.3) is 4.96 Å². The van der Waals surface area contributed by atoms with E-state index in [9.17, 15) is 9.59 Å². The van der Waals surface area contributed by atoms with Crippen LogP contribution < -0.4 is 10.9 Å². The van der Waals surface area contributed by atoms with E-state index in [2.05, 4.69) is 41.4 Å². The summed E-state index contributed by atoms with van der Waals surface area (Å²) in [7, 11) is 0. The number of hydrogen-bond donors (Lipinski definition) is 1. The number of carbonyl (C=O) groups excluding carboxylic acids is 1. The van der Waals surface area contributed by atoms with Gasteiger partial charge in [-0.25, -0.2) is 4.98 Å². The number of nitrogens with zero attached hydrogens (tertiary/aromatic N) is 3. The molecule has 1 aromatic carbocycles. The van der Waals surface area contributed by atoms with E-state index >= 15 is 0 Å². The molecule has 0 radical (unpaired) electrons. The first kappa shape index (κ1) is 20.5. The number of aryl methyl sites for hydroxylation is 1. The van der Waals surface area contributed by atoms with E-state index in [0.29, 0.717) is 28.1 Å². The van der Waals surface area contributed by atoms with Gasteiger partial charge in [0.25, 0.3) is 5.56 Å². The van der Waals surface area contributed by atoms with E-state index in [4.69, 9.17) is 0 Å². The van der Waals surface area contributed by atoms with Crippen LogP contribution in [0.15, 0.2) is 35.1 Å². The van der Waals surface area contributed by atoms with Gasteiger partial charge < -0.3 is 5.32 Å². The first-order chi connectivity index (χ1) is 13.5. The van der Waals surface area contributed by atoms with Crippen LogP contribution >= 0.6 is 23.1 Å². The number of hydrogen-bond acceptors (Lipinski definition) is 6. The Morgan fingerprint density at radius 2 is 2.04 bits per heavy atom. The zero-order valence-corrected chi connectivity index (χ0v) is 17.9. The van der Waals surface area contributed by atoms with Gasteiger partial charge in [0.15, 0.2) is 0 Å². The molecular formula is C20H24N4O2S2. The highest BCUT2D eigenvalue weighted by atomic mass is 32.2. The molecule has 148 valence electrons. The van der Waals surface area contributed by atoms with Crippen molar-refractivity contribution in [3.8, 4) is 0 Å². The number of carbonyl (C=O) groups is 1. The minimum absolute atomic E-state index is 0.0647. The molecule has 0 spiro atoms. The monoisotopic (exact) mass is 416 g/mol. The quantitative estimate of drug-likeness (QED) is 0.598. The predicted octanol–water partition coefficient (Wildman–Crippen LogP) is 4.10. The van der Waals surface area contributed by atoms with Gasteiger partial charge in [-0.05, 0) is 36.5 Å². The van der Waals surface area contributed by atoms with Crippen LogP contribution in [0.3, 0.4) is 0 Å². The second-order valence-electron chi connectivity index (χ2n) is 6.60. The van der Waals surface area contributed by atoms with Gasteiger partial charge >= 0.3 is 0 Å². The number of benzene rings is 1. The number of amides is 1. The van der Waals surface area contributed by atoms with Crippen LogP contribution in [-0.4, -0.2) is 26.3 Å². The van der Waals surface area contributed by atoms with Crippen LogP contribution in [0.1, 0.15) is 49.4 Å². The molecule has 0 fully saturated rings. The van der Waals surface area contributed by atoms with E-state index in [1.54, 1.807) is 0 Å². The first-order valence-electron chi connectivity index (χ1n) is 9.36. The van der Waals surface area contributed by atoms with Gasteiger partial charge in [-0.1, -0.05) is 44.2 Å². The standard InChI is InChI=1S/C20H24N4O2S2/c1-4-13(3)14-6-8-15(9-7-14)21-17(25)12-27-11-16-10-19(26)24-20(22-16)28-18(5-2)23-24/h6-10,13H,4-5,11-12H2,1-3H3,(H,21,25)/t13-/m1/s1. The lowest BCUT2D eigenvalue weighted by atomic mass is 9.99.